The summed E-state index contributed by atoms with van der Waals surface area (Å²) in [6.07, 6.45) is -0.133. The van der Waals surface area contributed by atoms with E-state index in [1.165, 1.54) is 13.8 Å². The van der Waals surface area contributed by atoms with Crippen LogP contribution in [0, 0.1) is 5.53 Å². The molecule has 0 aliphatic carbocycles. The first-order chi connectivity index (χ1) is 5.02. The molecule has 1 atom stereocenters. The first-order valence-corrected chi connectivity index (χ1v) is 5.25. The molecule has 6 heteroatoms. The van der Waals surface area contributed by atoms with Crippen molar-refractivity contribution < 1.29 is 13.9 Å². The number of hydrogen-bond acceptors (Lipinski definition) is 5. The molecule has 0 saturated carbocycles. The van der Waals surface area contributed by atoms with Crippen LogP contribution >= 0.6 is 7.37 Å². The van der Waals surface area contributed by atoms with Crippen LogP contribution in [0.25, 0.3) is 0 Å². The molecule has 0 amide bonds. The summed E-state index contributed by atoms with van der Waals surface area (Å²) in [6.45, 7) is 1.18. The molecule has 0 aromatic rings. The number of nitrogens with one attached hydrogen (secondary N) is 1. The Morgan fingerprint density at radius 1 is 1.73 bits per heavy atom. The van der Waals surface area contributed by atoms with Crippen LogP contribution in [0.15, 0.2) is 5.11 Å². The fraction of sp³-hybridized carbons (Fsp3) is 0.800. The summed E-state index contributed by atoms with van der Waals surface area (Å²) < 4.78 is 15.7. The third-order valence-electron chi connectivity index (χ3n) is 1.11. The van der Waals surface area contributed by atoms with Crippen LogP contribution in [-0.2, 0) is 13.9 Å². The topological polar surface area (TPSA) is 79.6 Å². The van der Waals surface area contributed by atoms with Crippen molar-refractivity contribution in [3.63, 3.8) is 0 Å². The van der Waals surface area contributed by atoms with Gasteiger partial charge in [-0.05, 0) is 0 Å². The highest BCUT2D eigenvalue weighted by molar-refractivity contribution is 7.59. The molecule has 1 unspecified atom stereocenters. The smallest absolute Gasteiger partial charge is 0.207 e. The molecule has 11 heavy (non-hydrogen) atoms. The maximum absolute atomic E-state index is 11.1. The molecule has 0 heterocycles. The van der Waals surface area contributed by atoms with Gasteiger partial charge in [0, 0.05) is 13.8 Å². The summed E-state index contributed by atoms with van der Waals surface area (Å²) in [7, 11) is -1.45. The zero-order valence-electron chi connectivity index (χ0n) is 6.53. The fourth-order valence-electron chi connectivity index (χ4n) is 0.523. The van der Waals surface area contributed by atoms with E-state index in [0.29, 0.717) is 0 Å². The van der Waals surface area contributed by atoms with Crippen LogP contribution < -0.4 is 0 Å². The number of Topliss-reactive ketones (excluding diaryl/α,β-unsaturated/α-hetero) is 1. The van der Waals surface area contributed by atoms with Crippen molar-refractivity contribution in [2.24, 2.45) is 5.11 Å². The van der Waals surface area contributed by atoms with Gasteiger partial charge in [0.1, 0.15) is 6.54 Å². The third kappa shape index (κ3) is 4.81. The highest BCUT2D eigenvalue weighted by atomic mass is 31.2. The normalized spacial score (nSPS) is 15.5. The zero-order valence-corrected chi connectivity index (χ0v) is 7.43. The van der Waals surface area contributed by atoms with E-state index in [1.807, 2.05) is 0 Å². The van der Waals surface area contributed by atoms with Crippen LogP contribution in [0.4, 0.5) is 0 Å². The molecule has 0 aliphatic rings. The Labute approximate surface area is 65.1 Å². The first kappa shape index (κ1) is 10.5. The molecule has 0 radical (unpaired) electrons. The minimum atomic E-state index is -2.75. The van der Waals surface area contributed by atoms with Gasteiger partial charge in [0.25, 0.3) is 0 Å². The van der Waals surface area contributed by atoms with E-state index in [9.17, 15) is 9.36 Å². The van der Waals surface area contributed by atoms with Gasteiger partial charge in [-0.3, -0.25) is 9.36 Å². The number of nitrogens with zero attached hydrogens (tertiary/aromatic N) is 1. The fourth-order valence-corrected chi connectivity index (χ4v) is 1.39. The van der Waals surface area contributed by atoms with Gasteiger partial charge in [-0.25, -0.2) is 5.53 Å². The standard InChI is InChI=1S/C5H11N2O3P/c1-10-11(2,9)4-5(8)3-7-6/h6H,3-4H2,1-2H3. The van der Waals surface area contributed by atoms with E-state index >= 15 is 0 Å². The molecule has 5 nitrogen and oxygen atoms in total. The molecule has 0 saturated heterocycles. The summed E-state index contributed by atoms with van der Waals surface area (Å²) in [5.74, 6) is -0.326. The predicted octanol–water partition coefficient (Wildman–Crippen LogP) is 1.14. The van der Waals surface area contributed by atoms with Crippen LogP contribution in [0.5, 0.6) is 0 Å². The summed E-state index contributed by atoms with van der Waals surface area (Å²) in [5.41, 5.74) is 6.37. The molecule has 64 valence electrons. The van der Waals surface area contributed by atoms with Crippen LogP contribution in [0.1, 0.15) is 0 Å². The largest absolute Gasteiger partial charge is 0.332 e. The van der Waals surface area contributed by atoms with Crippen molar-refractivity contribution in [3.8, 4) is 0 Å². The Morgan fingerprint density at radius 3 is 2.64 bits per heavy atom. The Morgan fingerprint density at radius 2 is 2.27 bits per heavy atom. The van der Waals surface area contributed by atoms with E-state index in [1.54, 1.807) is 0 Å². The van der Waals surface area contributed by atoms with Crippen molar-refractivity contribution in [2.45, 2.75) is 0 Å². The second-order valence-corrected chi connectivity index (χ2v) is 4.92. The molecule has 0 fully saturated rings. The van der Waals surface area contributed by atoms with Gasteiger partial charge in [0.2, 0.25) is 7.37 Å². The first-order valence-electron chi connectivity index (χ1n) is 2.99. The highest BCUT2D eigenvalue weighted by Gasteiger charge is 2.18. The van der Waals surface area contributed by atoms with Gasteiger partial charge in [-0.1, -0.05) is 0 Å². The molecule has 0 spiro atoms. The van der Waals surface area contributed by atoms with E-state index in [-0.39, 0.29) is 18.5 Å². The van der Waals surface area contributed by atoms with Crippen LogP contribution in [0.2, 0.25) is 0 Å². The average molecular weight is 178 g/mol. The van der Waals surface area contributed by atoms with Crippen molar-refractivity contribution in [1.29, 1.82) is 5.53 Å². The molecular formula is C5H11N2O3P. The average Bonchev–Trinajstić information content (AvgIpc) is 1.87. The number of ketones is 1. The molecule has 0 aromatic carbocycles. The maximum atomic E-state index is 11.1. The Balaban J connectivity index is 3.93. The Hall–Kier alpha value is -0.540. The SMILES string of the molecule is COP(C)(=O)CC(=O)CN=N. The number of hydrogen-bond donors (Lipinski definition) is 1. The van der Waals surface area contributed by atoms with Crippen molar-refractivity contribution in [2.75, 3.05) is 26.5 Å². The lowest BCUT2D eigenvalue weighted by Crippen LogP contribution is -2.08. The second-order valence-electron chi connectivity index (χ2n) is 2.21. The van der Waals surface area contributed by atoms with Crippen LogP contribution in [0.3, 0.4) is 0 Å². The highest BCUT2D eigenvalue weighted by Crippen LogP contribution is 2.40. The van der Waals surface area contributed by atoms with Gasteiger partial charge in [-0.2, -0.15) is 5.11 Å². The monoisotopic (exact) mass is 178 g/mol. The van der Waals surface area contributed by atoms with E-state index in [0.717, 1.165) is 0 Å². The third-order valence-corrected chi connectivity index (χ3v) is 2.80. The predicted molar refractivity (Wildman–Crippen MR) is 40.4 cm³/mol. The molecule has 0 aromatic heterocycles. The van der Waals surface area contributed by atoms with Gasteiger partial charge in [0.15, 0.2) is 5.78 Å². The summed E-state index contributed by atoms with van der Waals surface area (Å²) in [4.78, 5) is 10.8. The molecule has 0 bridgehead atoms. The second kappa shape index (κ2) is 4.36. The molecular weight excluding hydrogens is 167 g/mol. The molecule has 0 rings (SSSR count). The van der Waals surface area contributed by atoms with E-state index in [2.05, 4.69) is 9.64 Å². The van der Waals surface area contributed by atoms with Gasteiger partial charge < -0.3 is 4.52 Å². The lowest BCUT2D eigenvalue weighted by molar-refractivity contribution is -0.115. The lowest BCUT2D eigenvalue weighted by atomic mass is 10.5. The van der Waals surface area contributed by atoms with Crippen molar-refractivity contribution in [3.05, 3.63) is 0 Å². The summed E-state index contributed by atoms with van der Waals surface area (Å²) in [6, 6.07) is 0. The minimum Gasteiger partial charge on any atom is -0.332 e. The van der Waals surface area contributed by atoms with Crippen molar-refractivity contribution in [1.82, 2.24) is 0 Å². The maximum Gasteiger partial charge on any atom is 0.207 e. The quantitative estimate of drug-likeness (QED) is 0.506. The van der Waals surface area contributed by atoms with Gasteiger partial charge in [0.05, 0.1) is 6.16 Å². The zero-order chi connectivity index (χ0) is 8.91. The van der Waals surface area contributed by atoms with E-state index in [4.69, 9.17) is 5.53 Å². The van der Waals surface area contributed by atoms with Gasteiger partial charge in [-0.15, -0.1) is 0 Å². The Kier molecular flexibility index (Phi) is 4.15. The lowest BCUT2D eigenvalue weighted by Gasteiger charge is -2.07. The van der Waals surface area contributed by atoms with E-state index < -0.39 is 7.37 Å². The summed E-state index contributed by atoms with van der Waals surface area (Å²) in [5, 5.41) is 2.88. The molecule has 1 N–H and O–H groups in total. The molecule has 0 aliphatic heterocycles. The Bertz CT molecular complexity index is 204. The minimum absolute atomic E-state index is 0.133. The van der Waals surface area contributed by atoms with Gasteiger partial charge >= 0.3 is 0 Å². The number of carbonyl (C=O) groups is 1. The number of carbonyl (C=O) groups excluding carboxylic acids is 1. The summed E-state index contributed by atoms with van der Waals surface area (Å²) >= 11 is 0. The van der Waals surface area contributed by atoms with Crippen molar-refractivity contribution >= 4 is 13.2 Å². The van der Waals surface area contributed by atoms with Crippen LogP contribution in [-0.4, -0.2) is 32.3 Å². The number of rotatable bonds is 5.